The number of likely N-dealkylation sites (tertiary alicyclic amines) is 1. The number of carbonyl (C=O) groups is 1. The van der Waals surface area contributed by atoms with Gasteiger partial charge in [0.15, 0.2) is 11.5 Å². The summed E-state index contributed by atoms with van der Waals surface area (Å²) in [5, 5.41) is 5.11. The van der Waals surface area contributed by atoms with Crippen molar-refractivity contribution in [2.24, 2.45) is 0 Å². The van der Waals surface area contributed by atoms with Crippen LogP contribution in [0.15, 0.2) is 29.6 Å². The number of nitrogens with one attached hydrogen (secondary N) is 1. The molecular formula is C19H20N2O4S. The van der Waals surface area contributed by atoms with Gasteiger partial charge in [0, 0.05) is 36.1 Å². The highest BCUT2D eigenvalue weighted by atomic mass is 32.1. The van der Waals surface area contributed by atoms with Crippen LogP contribution in [0.3, 0.4) is 0 Å². The Morgan fingerprint density at radius 1 is 1.15 bits per heavy atom. The number of carbonyl (C=O) groups excluding carboxylic acids is 1. The number of hydrogen-bond acceptors (Lipinski definition) is 5. The summed E-state index contributed by atoms with van der Waals surface area (Å²) in [5.74, 6) is 1.38. The molecule has 1 N–H and O–H groups in total. The molecule has 5 rings (SSSR count). The molecule has 0 bridgehead atoms. The zero-order valence-corrected chi connectivity index (χ0v) is 15.1. The Morgan fingerprint density at radius 3 is 2.88 bits per heavy atom. The van der Waals surface area contributed by atoms with E-state index in [1.54, 1.807) is 6.07 Å². The molecular weight excluding hydrogens is 352 g/mol. The minimum Gasteiger partial charge on any atom is -0.454 e. The molecule has 0 aliphatic carbocycles. The van der Waals surface area contributed by atoms with Gasteiger partial charge in [-0.15, -0.1) is 11.3 Å². The van der Waals surface area contributed by atoms with Crippen LogP contribution < -0.4 is 14.8 Å². The van der Waals surface area contributed by atoms with Gasteiger partial charge in [0.05, 0.1) is 12.2 Å². The first kappa shape index (κ1) is 16.0. The average Bonchev–Trinajstić information content (AvgIpc) is 3.31. The van der Waals surface area contributed by atoms with Crippen LogP contribution in [0.25, 0.3) is 0 Å². The Hall–Kier alpha value is -2.25. The average molecular weight is 372 g/mol. The fraction of sp³-hybridized carbons (Fsp3) is 0.421. The second kappa shape index (κ2) is 6.17. The summed E-state index contributed by atoms with van der Waals surface area (Å²) in [5.41, 5.74) is 1.85. The third-order valence-electron chi connectivity index (χ3n) is 5.43. The maximum absolute atomic E-state index is 12.6. The fourth-order valence-corrected chi connectivity index (χ4v) is 4.97. The van der Waals surface area contributed by atoms with Gasteiger partial charge in [0.25, 0.3) is 0 Å². The van der Waals surface area contributed by atoms with Crippen LogP contribution in [0.2, 0.25) is 0 Å². The first-order chi connectivity index (χ1) is 12.7. The third kappa shape index (κ3) is 2.62. The summed E-state index contributed by atoms with van der Waals surface area (Å²) in [6, 6.07) is 7.56. The molecule has 0 saturated carbocycles. The molecule has 3 aliphatic heterocycles. The Balaban J connectivity index is 1.25. The van der Waals surface area contributed by atoms with Crippen molar-refractivity contribution in [1.82, 2.24) is 4.90 Å². The van der Waals surface area contributed by atoms with Crippen molar-refractivity contribution >= 4 is 23.1 Å². The Kier molecular flexibility index (Phi) is 3.79. The number of nitrogens with zero attached hydrogens (tertiary/aromatic N) is 1. The predicted octanol–water partition coefficient (Wildman–Crippen LogP) is 3.57. The lowest BCUT2D eigenvalue weighted by molar-refractivity contribution is -0.0912. The maximum atomic E-state index is 12.6. The molecule has 2 aromatic rings. The van der Waals surface area contributed by atoms with Crippen LogP contribution in [0.1, 0.15) is 23.3 Å². The van der Waals surface area contributed by atoms with E-state index >= 15 is 0 Å². The van der Waals surface area contributed by atoms with Gasteiger partial charge in [-0.25, -0.2) is 4.79 Å². The van der Waals surface area contributed by atoms with E-state index in [0.29, 0.717) is 30.3 Å². The van der Waals surface area contributed by atoms with Gasteiger partial charge in [0.1, 0.15) is 0 Å². The zero-order chi connectivity index (χ0) is 17.6. The van der Waals surface area contributed by atoms with Crippen LogP contribution in [0.5, 0.6) is 11.5 Å². The third-order valence-corrected chi connectivity index (χ3v) is 6.41. The van der Waals surface area contributed by atoms with E-state index in [-0.39, 0.29) is 18.4 Å². The molecule has 0 radical (unpaired) electrons. The van der Waals surface area contributed by atoms with E-state index in [4.69, 9.17) is 14.2 Å². The van der Waals surface area contributed by atoms with E-state index in [1.165, 1.54) is 10.4 Å². The van der Waals surface area contributed by atoms with Gasteiger partial charge in [-0.2, -0.15) is 0 Å². The van der Waals surface area contributed by atoms with E-state index in [0.717, 1.165) is 25.9 Å². The number of rotatable bonds is 1. The molecule has 3 aliphatic rings. The lowest BCUT2D eigenvalue weighted by Gasteiger charge is -2.44. The van der Waals surface area contributed by atoms with Crippen molar-refractivity contribution in [3.8, 4) is 11.5 Å². The fourth-order valence-electron chi connectivity index (χ4n) is 4.02. The number of piperidine rings is 1. The molecule has 26 heavy (non-hydrogen) atoms. The van der Waals surface area contributed by atoms with Gasteiger partial charge in [0.2, 0.25) is 6.79 Å². The lowest BCUT2D eigenvalue weighted by atomic mass is 9.82. The molecule has 6 nitrogen and oxygen atoms in total. The second-order valence-corrected chi connectivity index (χ2v) is 7.84. The summed E-state index contributed by atoms with van der Waals surface area (Å²) in [4.78, 5) is 15.9. The van der Waals surface area contributed by atoms with Crippen molar-refractivity contribution in [3.63, 3.8) is 0 Å². The largest absolute Gasteiger partial charge is 0.454 e. The SMILES string of the molecule is O=C(Nc1ccc2c(c1)OCO2)N1CCC2(CC1)OCCc1sccc12. The number of urea groups is 1. The molecule has 7 heteroatoms. The Bertz CT molecular complexity index is 842. The van der Waals surface area contributed by atoms with E-state index in [1.807, 2.05) is 28.4 Å². The zero-order valence-electron chi connectivity index (χ0n) is 14.3. The van der Waals surface area contributed by atoms with Crippen LogP contribution in [-0.2, 0) is 16.8 Å². The standard InChI is InChI=1S/C19H20N2O4S/c22-18(20-13-1-2-15-16(11-13)24-12-23-15)21-7-5-19(6-8-21)14-4-10-26-17(14)3-9-25-19/h1-2,4,10-11H,3,5-9,12H2,(H,20,22). The highest BCUT2D eigenvalue weighted by Gasteiger charge is 2.42. The molecule has 136 valence electrons. The molecule has 1 aromatic carbocycles. The van der Waals surface area contributed by atoms with Crippen molar-refractivity contribution in [1.29, 1.82) is 0 Å². The molecule has 0 unspecified atom stereocenters. The minimum absolute atomic E-state index is 0.0833. The smallest absolute Gasteiger partial charge is 0.321 e. The van der Waals surface area contributed by atoms with Gasteiger partial charge < -0.3 is 24.4 Å². The van der Waals surface area contributed by atoms with Crippen molar-refractivity contribution in [3.05, 3.63) is 40.1 Å². The minimum atomic E-state index is -0.205. The second-order valence-electron chi connectivity index (χ2n) is 6.84. The van der Waals surface area contributed by atoms with Crippen molar-refractivity contribution in [2.45, 2.75) is 24.9 Å². The molecule has 4 heterocycles. The molecule has 1 spiro atoms. The molecule has 1 aromatic heterocycles. The number of fused-ring (bicyclic) bond motifs is 3. The van der Waals surface area contributed by atoms with Crippen molar-refractivity contribution < 1.29 is 19.0 Å². The van der Waals surface area contributed by atoms with Crippen LogP contribution in [-0.4, -0.2) is 37.4 Å². The number of hydrogen-bond donors (Lipinski definition) is 1. The predicted molar refractivity (Wildman–Crippen MR) is 98.0 cm³/mol. The number of ether oxygens (including phenoxy) is 3. The van der Waals surface area contributed by atoms with E-state index < -0.39 is 0 Å². The summed E-state index contributed by atoms with van der Waals surface area (Å²) in [6.45, 7) is 2.37. The molecule has 1 fully saturated rings. The van der Waals surface area contributed by atoms with Gasteiger partial charge in [-0.1, -0.05) is 0 Å². The van der Waals surface area contributed by atoms with Crippen molar-refractivity contribution in [2.75, 3.05) is 31.8 Å². The summed E-state index contributed by atoms with van der Waals surface area (Å²) < 4.78 is 16.9. The summed E-state index contributed by atoms with van der Waals surface area (Å²) in [7, 11) is 0. The monoisotopic (exact) mass is 372 g/mol. The Labute approximate surface area is 155 Å². The molecule has 2 amide bonds. The molecule has 0 atom stereocenters. The van der Waals surface area contributed by atoms with E-state index in [9.17, 15) is 4.79 Å². The number of amides is 2. The highest BCUT2D eigenvalue weighted by molar-refractivity contribution is 7.10. The number of anilines is 1. The van der Waals surface area contributed by atoms with Gasteiger partial charge in [-0.3, -0.25) is 0 Å². The summed E-state index contributed by atoms with van der Waals surface area (Å²) in [6.07, 6.45) is 2.68. The number of thiophene rings is 1. The van der Waals surface area contributed by atoms with Crippen LogP contribution in [0, 0.1) is 0 Å². The van der Waals surface area contributed by atoms with E-state index in [2.05, 4.69) is 16.8 Å². The quantitative estimate of drug-likeness (QED) is 0.831. The summed E-state index contributed by atoms with van der Waals surface area (Å²) >= 11 is 1.82. The highest BCUT2D eigenvalue weighted by Crippen LogP contribution is 2.43. The maximum Gasteiger partial charge on any atom is 0.321 e. The normalized spacial score (nSPS) is 20.1. The van der Waals surface area contributed by atoms with Crippen LogP contribution >= 0.6 is 11.3 Å². The van der Waals surface area contributed by atoms with Gasteiger partial charge in [-0.05, 0) is 42.0 Å². The Morgan fingerprint density at radius 2 is 2.00 bits per heavy atom. The molecule has 1 saturated heterocycles. The number of benzene rings is 1. The van der Waals surface area contributed by atoms with Gasteiger partial charge >= 0.3 is 6.03 Å². The lowest BCUT2D eigenvalue weighted by Crippen LogP contribution is -2.49. The van der Waals surface area contributed by atoms with Crippen LogP contribution in [0.4, 0.5) is 10.5 Å². The topological polar surface area (TPSA) is 60.0 Å². The first-order valence-electron chi connectivity index (χ1n) is 8.90. The first-order valence-corrected chi connectivity index (χ1v) is 9.78.